The van der Waals surface area contributed by atoms with Crippen LogP contribution in [0.15, 0.2) is 132 Å². The van der Waals surface area contributed by atoms with Crippen LogP contribution >= 0.6 is 0 Å². The summed E-state index contributed by atoms with van der Waals surface area (Å²) < 4.78 is 0. The van der Waals surface area contributed by atoms with Gasteiger partial charge in [0.2, 0.25) is 82.7 Å². The Balaban J connectivity index is 0.000000263. The first kappa shape index (κ1) is 94.3. The maximum atomic E-state index is 14.6. The number of amides is 14. The summed E-state index contributed by atoms with van der Waals surface area (Å²) in [6.45, 7) is 5.09. The van der Waals surface area contributed by atoms with Crippen LogP contribution in [-0.2, 0) is 92.8 Å². The van der Waals surface area contributed by atoms with Crippen molar-refractivity contribution in [3.8, 4) is 0 Å². The van der Waals surface area contributed by atoms with E-state index in [4.69, 9.17) is 22.9 Å². The summed E-state index contributed by atoms with van der Waals surface area (Å²) >= 11 is 0. The molecular formula is C89H122N22O14. The van der Waals surface area contributed by atoms with Crippen LogP contribution in [0.2, 0.25) is 0 Å². The molecule has 12 atom stereocenters. The zero-order valence-electron chi connectivity index (χ0n) is 71.4. The number of nitrogens with two attached hydrogens (primary N) is 4. The van der Waals surface area contributed by atoms with Gasteiger partial charge >= 0.3 is 0 Å². The second-order valence-corrected chi connectivity index (χ2v) is 32.9. The van der Waals surface area contributed by atoms with Crippen molar-refractivity contribution in [2.45, 2.75) is 241 Å². The molecule has 0 radical (unpaired) electrons. The summed E-state index contributed by atoms with van der Waals surface area (Å²) in [5, 5.41) is 35.7. The maximum absolute atomic E-state index is 14.6. The van der Waals surface area contributed by atoms with E-state index in [0.717, 1.165) is 76.2 Å². The third-order valence-corrected chi connectivity index (χ3v) is 23.4. The van der Waals surface area contributed by atoms with Crippen LogP contribution in [0.4, 0.5) is 0 Å². The average molecular weight is 1720 g/mol. The Kier molecular flexibility index (Phi) is 35.5. The molecular weight excluding hydrogens is 1600 g/mol. The normalized spacial score (nSPS) is 23.0. The Labute approximate surface area is 726 Å². The number of carbonyl (C=O) groups is 14. The van der Waals surface area contributed by atoms with Crippen molar-refractivity contribution in [1.82, 2.24) is 83.6 Å². The van der Waals surface area contributed by atoms with Crippen molar-refractivity contribution in [3.63, 3.8) is 0 Å². The lowest BCUT2D eigenvalue weighted by molar-refractivity contribution is -0.142. The number of nitrogens with one attached hydrogen (secondary N) is 14. The second-order valence-electron chi connectivity index (χ2n) is 32.9. The van der Waals surface area contributed by atoms with Crippen molar-refractivity contribution < 1.29 is 67.1 Å². The predicted octanol–water partition coefficient (Wildman–Crippen LogP) is 1.08. The third kappa shape index (κ3) is 28.3. The lowest BCUT2D eigenvalue weighted by Gasteiger charge is -2.32. The van der Waals surface area contributed by atoms with Gasteiger partial charge in [-0.15, -0.1) is 0 Å². The Morgan fingerprint density at radius 1 is 0.424 bits per heavy atom. The van der Waals surface area contributed by atoms with Gasteiger partial charge in [0, 0.05) is 113 Å². The second kappa shape index (κ2) is 47.1. The summed E-state index contributed by atoms with van der Waals surface area (Å²) in [6, 6.07) is 20.7. The van der Waals surface area contributed by atoms with Crippen LogP contribution in [-0.4, -0.2) is 226 Å². The molecule has 0 bridgehead atoms. The molecule has 22 N–H and O–H groups in total. The minimum Gasteiger partial charge on any atom is -0.370 e. The number of aromatic nitrogens is 2. The molecule has 6 heterocycles. The van der Waals surface area contributed by atoms with E-state index in [-0.39, 0.29) is 115 Å². The van der Waals surface area contributed by atoms with Crippen molar-refractivity contribution in [2.75, 3.05) is 39.3 Å². The zero-order valence-corrected chi connectivity index (χ0v) is 71.4. The fraction of sp³-hybridized carbons (Fsp3) is 0.506. The number of guanidine groups is 2. The minimum absolute atomic E-state index is 0.0643. The summed E-state index contributed by atoms with van der Waals surface area (Å²) in [4.78, 5) is 211. The number of hydrogen-bond donors (Lipinski definition) is 18. The lowest BCUT2D eigenvalue weighted by Crippen LogP contribution is -2.60. The van der Waals surface area contributed by atoms with Crippen molar-refractivity contribution >= 4 is 116 Å². The fourth-order valence-electron chi connectivity index (χ4n) is 16.9. The molecule has 4 aromatic carbocycles. The van der Waals surface area contributed by atoms with Crippen LogP contribution in [0, 0.1) is 5.92 Å². The van der Waals surface area contributed by atoms with Crippen molar-refractivity contribution in [3.05, 3.63) is 144 Å². The molecule has 14 amide bonds. The number of carbonyl (C=O) groups excluding carboxylic acids is 14. The highest BCUT2D eigenvalue weighted by Crippen LogP contribution is 2.30. The maximum Gasteiger partial charge on any atom is 0.245 e. The summed E-state index contributed by atoms with van der Waals surface area (Å²) in [6.07, 6.45) is 13.6. The summed E-state index contributed by atoms with van der Waals surface area (Å²) in [5.41, 5.74) is 26.9. The van der Waals surface area contributed by atoms with Gasteiger partial charge in [0.25, 0.3) is 0 Å². The Hall–Kier alpha value is -12.9. The number of nitrogens with zero attached hydrogens (tertiary/aromatic N) is 4. The first-order valence-electron chi connectivity index (χ1n) is 43.6. The highest BCUT2D eigenvalue weighted by atomic mass is 16.2. The van der Waals surface area contributed by atoms with E-state index >= 15 is 0 Å². The number of fused-ring (bicyclic) bond motifs is 4. The Bertz CT molecular complexity index is 4790. The molecule has 125 heavy (non-hydrogen) atoms. The molecule has 0 spiro atoms. The fourth-order valence-corrected chi connectivity index (χ4v) is 16.9. The average Bonchev–Trinajstić information content (AvgIpc) is 1.72. The standard InChI is InChI=1S/C48H67N11O7.C41H55N11O7/c1-30(60)54-39(27-32-15-6-3-7-16-32)44(63)57-38-20-11-24-51-42(61)36(19-10-25-52-48(49)50)55-45(64)40(28-33-29-53-35-18-9-8-17-34(33)35)58-43(62)37(23-22-31-13-4-2-5-14-31)56-46(65)41-21-12-26-59(41)47(38)66;1-24-35(54)51-33(22-27-23-46-29-14-7-6-13-28(27)29)38(57)49-30(15-8-19-45-41(42)43)36(55)44-18-9-16-31(40(59)52-20-10-17-34(52)39(58)47-24)50-37(56)32(48-25(2)53)21-26-11-4-3-5-12-26/h3,6-9,15-18,29,31,36-41,53H,2,4-5,10-14,19-28H2,1H3,(H,51,61)(H,54,60)(H,55,64)(H,56,65)(H,57,63)(H,58,62)(H4,49,50,52);3-7,11-14,23-24,30-34,46H,8-10,15-22H2,1-2H3,(H,44,55)(H,47,58)(H,48,53)(H,49,57)(H,50,56)(H,51,54)(H4,42,43,45)/t36-,37+,38-,39-,40-,41-;24-,30+,31+,32+,33+,34+/m01/s1. The van der Waals surface area contributed by atoms with Gasteiger partial charge in [-0.2, -0.15) is 0 Å². The SMILES string of the molecule is CC(=O)N[C@@H](Cc1ccccc1)C(=O)N[C@H]1CCCNC(=O)[C@H](CCCN=C(N)N)NC(=O)[C@H](Cc2c[nH]c3ccccc23)NC(=O)[C@@H](C)NC(=O)[C@@H]2CCCN2C1=O.CC(=O)N[C@@H](Cc1ccccc1)C(=O)N[C@H]1CCCNC(=O)[C@H](CCCN=C(N)N)NC(=O)[C@H](Cc2c[nH]c3ccccc23)NC(=O)[C@@H](CCC2CCCCC2)NC(=O)[C@@H]2CCCN2C1=O. The molecule has 11 rings (SSSR count). The highest BCUT2D eigenvalue weighted by Gasteiger charge is 2.43. The van der Waals surface area contributed by atoms with Crippen LogP contribution < -0.4 is 86.7 Å². The molecule has 672 valence electrons. The summed E-state index contributed by atoms with van der Waals surface area (Å²) in [7, 11) is 0. The number of rotatable bonds is 25. The largest absolute Gasteiger partial charge is 0.370 e. The van der Waals surface area contributed by atoms with Gasteiger partial charge < -0.3 is 107 Å². The van der Waals surface area contributed by atoms with Crippen LogP contribution in [0.3, 0.4) is 0 Å². The number of H-pyrrole nitrogens is 2. The first-order chi connectivity index (χ1) is 60.2. The number of aliphatic imine (C=N–C) groups is 2. The zero-order chi connectivity index (χ0) is 89.5. The van der Waals surface area contributed by atoms with Gasteiger partial charge in [0.1, 0.15) is 72.5 Å². The van der Waals surface area contributed by atoms with Gasteiger partial charge in [0.15, 0.2) is 11.9 Å². The van der Waals surface area contributed by atoms with Gasteiger partial charge in [-0.25, -0.2) is 0 Å². The lowest BCUT2D eigenvalue weighted by atomic mass is 9.85. The predicted molar refractivity (Wildman–Crippen MR) is 470 cm³/mol. The minimum atomic E-state index is -1.15. The van der Waals surface area contributed by atoms with Crippen LogP contribution in [0.5, 0.6) is 0 Å². The molecule has 0 unspecified atom stereocenters. The Morgan fingerprint density at radius 2 is 0.816 bits per heavy atom. The molecule has 36 nitrogen and oxygen atoms in total. The van der Waals surface area contributed by atoms with E-state index in [9.17, 15) is 67.1 Å². The number of hydrogen-bond acceptors (Lipinski definition) is 16. The highest BCUT2D eigenvalue weighted by molar-refractivity contribution is 6.00. The number of para-hydroxylation sites is 2. The van der Waals surface area contributed by atoms with Gasteiger partial charge in [-0.3, -0.25) is 77.1 Å². The molecule has 2 aromatic heterocycles. The molecule has 6 aromatic rings. The van der Waals surface area contributed by atoms with Gasteiger partial charge in [-0.05, 0) is 137 Å². The van der Waals surface area contributed by atoms with Gasteiger partial charge in [0.05, 0.1) is 0 Å². The molecule has 1 saturated carbocycles. The molecule has 36 heteroatoms. The first-order valence-corrected chi connectivity index (χ1v) is 43.6. The van der Waals surface area contributed by atoms with Crippen molar-refractivity contribution in [1.29, 1.82) is 0 Å². The third-order valence-electron chi connectivity index (χ3n) is 23.4. The molecule has 5 aliphatic rings. The quantitative estimate of drug-likeness (QED) is 0.0217. The number of benzene rings is 4. The molecule has 4 saturated heterocycles. The van der Waals surface area contributed by atoms with E-state index in [1.54, 1.807) is 12.4 Å². The van der Waals surface area contributed by atoms with Crippen molar-refractivity contribution in [2.24, 2.45) is 38.8 Å². The Morgan fingerprint density at radius 3 is 1.26 bits per heavy atom. The monoisotopic (exact) mass is 1720 g/mol. The molecule has 5 fully saturated rings. The van der Waals surface area contributed by atoms with E-state index in [2.05, 4.69) is 83.8 Å². The van der Waals surface area contributed by atoms with E-state index in [1.165, 1.54) is 30.6 Å². The van der Waals surface area contributed by atoms with Gasteiger partial charge in [-0.1, -0.05) is 129 Å². The topological polar surface area (TPSA) is 550 Å². The van der Waals surface area contributed by atoms with Crippen LogP contribution in [0.1, 0.15) is 165 Å². The molecule has 1 aliphatic carbocycles. The smallest absolute Gasteiger partial charge is 0.245 e. The molecule has 4 aliphatic heterocycles. The van der Waals surface area contributed by atoms with Crippen LogP contribution in [0.25, 0.3) is 21.8 Å². The van der Waals surface area contributed by atoms with E-state index < -0.39 is 155 Å². The summed E-state index contributed by atoms with van der Waals surface area (Å²) in [5.74, 6) is -7.37. The number of aromatic amines is 2. The van der Waals surface area contributed by atoms with E-state index in [0.29, 0.717) is 57.3 Å². The van der Waals surface area contributed by atoms with E-state index in [1.807, 2.05) is 109 Å².